The first-order chi connectivity index (χ1) is 17.4. The number of hydrogen-bond donors (Lipinski definition) is 0. The van der Waals surface area contributed by atoms with Crippen LogP contribution < -0.4 is 4.74 Å². The van der Waals surface area contributed by atoms with Crippen LogP contribution in [0.4, 0.5) is 0 Å². The van der Waals surface area contributed by atoms with Crippen molar-refractivity contribution in [2.45, 2.75) is 24.5 Å². The third kappa shape index (κ3) is 3.78. The summed E-state index contributed by atoms with van der Waals surface area (Å²) in [4.78, 5) is 4.42. The summed E-state index contributed by atoms with van der Waals surface area (Å²) in [5.41, 5.74) is 3.63. The minimum absolute atomic E-state index is 0.0788. The first kappa shape index (κ1) is 21.6. The highest BCUT2D eigenvalue weighted by Crippen LogP contribution is 2.43. The molecule has 174 valence electrons. The maximum absolute atomic E-state index is 6.50. The molecule has 1 saturated heterocycles. The van der Waals surface area contributed by atoms with Gasteiger partial charge in [-0.3, -0.25) is 4.98 Å². The molecule has 0 atom stereocenters. The summed E-state index contributed by atoms with van der Waals surface area (Å²) in [6.45, 7) is 1.42. The van der Waals surface area contributed by atoms with E-state index < -0.39 is 5.54 Å². The Hall–Kier alpha value is -3.96. The molecule has 6 rings (SSSR count). The molecule has 1 fully saturated rings. The van der Waals surface area contributed by atoms with Gasteiger partial charge in [-0.25, -0.2) is 4.68 Å². The largest absolute Gasteiger partial charge is 0.473 e. The van der Waals surface area contributed by atoms with Crippen LogP contribution in [0.15, 0.2) is 109 Å². The van der Waals surface area contributed by atoms with Crippen LogP contribution in [-0.4, -0.2) is 34.1 Å². The van der Waals surface area contributed by atoms with E-state index in [1.165, 1.54) is 0 Å². The molecule has 0 aliphatic carbocycles. The van der Waals surface area contributed by atoms with Crippen molar-refractivity contribution in [2.75, 3.05) is 13.2 Å². The van der Waals surface area contributed by atoms with E-state index in [0.29, 0.717) is 19.1 Å². The van der Waals surface area contributed by atoms with E-state index >= 15 is 0 Å². The molecule has 0 saturated carbocycles. The summed E-state index contributed by atoms with van der Waals surface area (Å²) in [5, 5.41) is 6.11. The van der Waals surface area contributed by atoms with E-state index in [1.54, 1.807) is 0 Å². The minimum atomic E-state index is -0.708. The van der Waals surface area contributed by atoms with Gasteiger partial charge in [0.15, 0.2) is 0 Å². The summed E-state index contributed by atoms with van der Waals surface area (Å²) in [5.74, 6) is 0.618. The van der Waals surface area contributed by atoms with E-state index in [4.69, 9.17) is 14.6 Å². The molecule has 35 heavy (non-hydrogen) atoms. The van der Waals surface area contributed by atoms with E-state index in [9.17, 15) is 0 Å². The summed E-state index contributed by atoms with van der Waals surface area (Å²) < 4.78 is 14.2. The molecular weight excluding hydrogens is 434 g/mol. The topological polar surface area (TPSA) is 49.2 Å². The van der Waals surface area contributed by atoms with Crippen LogP contribution >= 0.6 is 0 Å². The summed E-state index contributed by atoms with van der Waals surface area (Å²) in [7, 11) is 0. The Morgan fingerprint density at radius 1 is 0.743 bits per heavy atom. The maximum atomic E-state index is 6.50. The van der Waals surface area contributed by atoms with Crippen LogP contribution in [-0.2, 0) is 10.3 Å². The first-order valence-corrected chi connectivity index (χ1v) is 12.1. The third-order valence-electron chi connectivity index (χ3n) is 6.79. The molecule has 2 aromatic heterocycles. The quantitative estimate of drug-likeness (QED) is 0.299. The number of aromatic nitrogens is 3. The molecule has 5 aromatic rings. The number of fused-ring (bicyclic) bond motifs is 1. The van der Waals surface area contributed by atoms with Gasteiger partial charge in [0.25, 0.3) is 0 Å². The molecule has 0 unspecified atom stereocenters. The van der Waals surface area contributed by atoms with Gasteiger partial charge in [-0.2, -0.15) is 0 Å². The molecule has 5 heteroatoms. The van der Waals surface area contributed by atoms with Crippen LogP contribution in [0, 0.1) is 0 Å². The van der Waals surface area contributed by atoms with Crippen LogP contribution in [0.1, 0.15) is 29.5 Å². The molecule has 0 amide bonds. The fourth-order valence-corrected chi connectivity index (χ4v) is 5.13. The molecule has 3 heterocycles. The Kier molecular flexibility index (Phi) is 5.76. The Morgan fingerprint density at radius 2 is 1.29 bits per heavy atom. The van der Waals surface area contributed by atoms with Gasteiger partial charge in [0, 0.05) is 25.2 Å². The van der Waals surface area contributed by atoms with Gasteiger partial charge >= 0.3 is 0 Å². The Balaban J connectivity index is 1.66. The lowest BCUT2D eigenvalue weighted by Gasteiger charge is -2.36. The molecule has 1 aliphatic heterocycles. The zero-order valence-electron chi connectivity index (χ0n) is 19.5. The molecule has 0 bridgehead atoms. The molecular formula is C30H27N3O2. The van der Waals surface area contributed by atoms with Gasteiger partial charge in [-0.05, 0) is 22.8 Å². The predicted octanol–water partition coefficient (Wildman–Crippen LogP) is 5.83. The molecule has 5 nitrogen and oxygen atoms in total. The highest BCUT2D eigenvalue weighted by Gasteiger charge is 2.41. The second kappa shape index (κ2) is 9.35. The van der Waals surface area contributed by atoms with Gasteiger partial charge in [-0.15, -0.1) is 5.10 Å². The lowest BCUT2D eigenvalue weighted by Crippen LogP contribution is -2.38. The molecule has 1 aliphatic rings. The van der Waals surface area contributed by atoms with E-state index in [1.807, 2.05) is 18.5 Å². The summed E-state index contributed by atoms with van der Waals surface area (Å²) >= 11 is 0. The average Bonchev–Trinajstić information content (AvgIpc) is 3.30. The minimum Gasteiger partial charge on any atom is -0.473 e. The summed E-state index contributed by atoms with van der Waals surface area (Å²) in [6.07, 6.45) is 5.48. The highest BCUT2D eigenvalue weighted by atomic mass is 16.5. The molecule has 3 aromatic carbocycles. The van der Waals surface area contributed by atoms with Crippen LogP contribution in [0.5, 0.6) is 5.88 Å². The van der Waals surface area contributed by atoms with E-state index in [-0.39, 0.29) is 6.10 Å². The number of pyridine rings is 1. The fraction of sp³-hybridized carbons (Fsp3) is 0.200. The normalized spacial score (nSPS) is 14.7. The number of nitrogens with zero attached hydrogens (tertiary/aromatic N) is 3. The van der Waals surface area contributed by atoms with Crippen molar-refractivity contribution in [3.05, 3.63) is 126 Å². The first-order valence-electron chi connectivity index (χ1n) is 12.1. The van der Waals surface area contributed by atoms with Crippen LogP contribution in [0.2, 0.25) is 0 Å². The maximum Gasteiger partial charge on any atom is 0.242 e. The van der Waals surface area contributed by atoms with Gasteiger partial charge in [0.1, 0.15) is 11.6 Å². The zero-order chi connectivity index (χ0) is 23.5. The molecule has 0 N–H and O–H groups in total. The van der Waals surface area contributed by atoms with Crippen molar-refractivity contribution in [3.63, 3.8) is 0 Å². The van der Waals surface area contributed by atoms with Crippen molar-refractivity contribution in [2.24, 2.45) is 0 Å². The van der Waals surface area contributed by atoms with E-state index in [2.05, 4.69) is 101 Å². The second-order valence-corrected chi connectivity index (χ2v) is 8.85. The van der Waals surface area contributed by atoms with Crippen molar-refractivity contribution in [1.29, 1.82) is 0 Å². The van der Waals surface area contributed by atoms with Gasteiger partial charge < -0.3 is 9.47 Å². The number of hydrogen-bond acceptors (Lipinski definition) is 4. The average molecular weight is 462 g/mol. The van der Waals surface area contributed by atoms with Crippen LogP contribution in [0.25, 0.3) is 10.9 Å². The lowest BCUT2D eigenvalue weighted by molar-refractivity contribution is 0.0239. The Labute approximate surface area is 205 Å². The third-order valence-corrected chi connectivity index (χ3v) is 6.79. The molecule has 0 spiro atoms. The standard InChI is InChI=1S/C30H27N3O2/c1-4-10-23(11-5-1)30(24-12-6-2-7-13-24,25-14-8-3-9-15-25)33-28-16-19-31-22-27(28)29(32-33)35-26-17-20-34-21-18-26/h1-16,19,22,26H,17-18,20-21H2. The smallest absolute Gasteiger partial charge is 0.242 e. The number of ether oxygens (including phenoxy) is 2. The Bertz CT molecular complexity index is 1300. The number of benzene rings is 3. The fourth-order valence-electron chi connectivity index (χ4n) is 5.13. The van der Waals surface area contributed by atoms with Crippen molar-refractivity contribution in [1.82, 2.24) is 14.8 Å². The van der Waals surface area contributed by atoms with Gasteiger partial charge in [0.05, 0.1) is 24.1 Å². The van der Waals surface area contributed by atoms with Crippen molar-refractivity contribution >= 4 is 10.9 Å². The van der Waals surface area contributed by atoms with Gasteiger partial charge in [-0.1, -0.05) is 91.0 Å². The summed E-state index contributed by atoms with van der Waals surface area (Å²) in [6, 6.07) is 33.7. The van der Waals surface area contributed by atoms with Crippen molar-refractivity contribution in [3.8, 4) is 5.88 Å². The Morgan fingerprint density at radius 3 is 1.83 bits per heavy atom. The SMILES string of the molecule is c1ccc(C(c2ccccc2)(c2ccccc2)n2nc(OC3CCOCC3)c3cnccc32)cc1. The highest BCUT2D eigenvalue weighted by molar-refractivity contribution is 5.84. The molecule has 0 radical (unpaired) electrons. The van der Waals surface area contributed by atoms with E-state index in [0.717, 1.165) is 40.4 Å². The lowest BCUT2D eigenvalue weighted by atomic mass is 9.77. The van der Waals surface area contributed by atoms with Gasteiger partial charge in [0.2, 0.25) is 5.88 Å². The number of rotatable bonds is 6. The van der Waals surface area contributed by atoms with Crippen molar-refractivity contribution < 1.29 is 9.47 Å². The second-order valence-electron chi connectivity index (χ2n) is 8.85. The monoisotopic (exact) mass is 461 g/mol. The van der Waals surface area contributed by atoms with Crippen LogP contribution in [0.3, 0.4) is 0 Å². The predicted molar refractivity (Wildman–Crippen MR) is 137 cm³/mol. The zero-order valence-corrected chi connectivity index (χ0v) is 19.5.